The van der Waals surface area contributed by atoms with Gasteiger partial charge in [-0.25, -0.2) is 13.1 Å². The first-order chi connectivity index (χ1) is 11.9. The Hall–Kier alpha value is -1.70. The molecule has 1 heterocycles. The Labute approximate surface area is 152 Å². The van der Waals surface area contributed by atoms with E-state index in [9.17, 15) is 13.2 Å². The van der Waals surface area contributed by atoms with Crippen molar-refractivity contribution in [2.75, 3.05) is 11.9 Å². The van der Waals surface area contributed by atoms with Crippen LogP contribution in [0.15, 0.2) is 46.7 Å². The number of hydrogen-bond donors (Lipinski definition) is 2. The summed E-state index contributed by atoms with van der Waals surface area (Å²) in [5.74, 6) is -0.187. The molecule has 1 fully saturated rings. The van der Waals surface area contributed by atoms with Gasteiger partial charge < -0.3 is 5.32 Å². The van der Waals surface area contributed by atoms with Crippen LogP contribution in [0.2, 0.25) is 0 Å². The lowest BCUT2D eigenvalue weighted by atomic mass is 9.85. The van der Waals surface area contributed by atoms with Crippen LogP contribution in [0, 0.1) is 0 Å². The summed E-state index contributed by atoms with van der Waals surface area (Å²) in [4.78, 5) is 12.5. The molecule has 2 N–H and O–H groups in total. The van der Waals surface area contributed by atoms with Gasteiger partial charge in [0.15, 0.2) is 0 Å². The molecule has 1 saturated carbocycles. The molecular weight excluding hydrogens is 356 g/mol. The van der Waals surface area contributed by atoms with Crippen LogP contribution in [0.1, 0.15) is 37.5 Å². The third-order valence-electron chi connectivity index (χ3n) is 4.69. The summed E-state index contributed by atoms with van der Waals surface area (Å²) >= 11 is 1.70. The number of amides is 1. The third kappa shape index (κ3) is 4.11. The topological polar surface area (TPSA) is 75.3 Å². The van der Waals surface area contributed by atoms with Crippen molar-refractivity contribution in [3.05, 3.63) is 46.7 Å². The SMILES string of the molecule is CC(=O)Nc1ccc(S(=O)(=O)NCC2(c3cccs3)CCCC2)cc1. The first-order valence-electron chi connectivity index (χ1n) is 8.33. The summed E-state index contributed by atoms with van der Waals surface area (Å²) in [6, 6.07) is 10.4. The van der Waals surface area contributed by atoms with Crippen molar-refractivity contribution in [2.45, 2.75) is 42.9 Å². The molecule has 0 unspecified atom stereocenters. The van der Waals surface area contributed by atoms with Crippen molar-refractivity contribution in [3.63, 3.8) is 0 Å². The fraction of sp³-hybridized carbons (Fsp3) is 0.389. The zero-order valence-corrected chi connectivity index (χ0v) is 15.8. The van der Waals surface area contributed by atoms with E-state index in [0.29, 0.717) is 12.2 Å². The van der Waals surface area contributed by atoms with Crippen molar-refractivity contribution in [1.82, 2.24) is 4.72 Å². The fourth-order valence-electron chi connectivity index (χ4n) is 3.38. The Balaban J connectivity index is 1.74. The van der Waals surface area contributed by atoms with Crippen LogP contribution in [-0.4, -0.2) is 20.9 Å². The molecule has 0 saturated heterocycles. The molecule has 134 valence electrons. The first-order valence-corrected chi connectivity index (χ1v) is 10.7. The first kappa shape index (κ1) is 18.1. The van der Waals surface area contributed by atoms with Crippen LogP contribution < -0.4 is 10.0 Å². The number of anilines is 1. The van der Waals surface area contributed by atoms with Gasteiger partial charge in [-0.2, -0.15) is 0 Å². The van der Waals surface area contributed by atoms with Crippen molar-refractivity contribution >= 4 is 33.0 Å². The molecule has 2 aromatic rings. The van der Waals surface area contributed by atoms with E-state index in [4.69, 9.17) is 0 Å². The molecule has 1 aliphatic rings. The predicted molar refractivity (Wildman–Crippen MR) is 100 cm³/mol. The Morgan fingerprint density at radius 2 is 1.84 bits per heavy atom. The minimum absolute atomic E-state index is 0.0859. The van der Waals surface area contributed by atoms with Crippen molar-refractivity contribution in [1.29, 1.82) is 0 Å². The number of carbonyl (C=O) groups excluding carboxylic acids is 1. The normalized spacial score (nSPS) is 16.7. The Morgan fingerprint density at radius 1 is 1.16 bits per heavy atom. The average Bonchev–Trinajstić information content (AvgIpc) is 3.25. The monoisotopic (exact) mass is 378 g/mol. The maximum absolute atomic E-state index is 12.6. The van der Waals surface area contributed by atoms with Gasteiger partial charge in [0.1, 0.15) is 0 Å². The van der Waals surface area contributed by atoms with Gasteiger partial charge in [-0.3, -0.25) is 4.79 Å². The Bertz CT molecular complexity index is 822. The van der Waals surface area contributed by atoms with Crippen molar-refractivity contribution in [3.8, 4) is 0 Å². The molecule has 0 aliphatic heterocycles. The number of benzene rings is 1. The molecule has 1 aliphatic carbocycles. The van der Waals surface area contributed by atoms with Gasteiger partial charge in [0.2, 0.25) is 15.9 Å². The molecule has 1 aromatic heterocycles. The Morgan fingerprint density at radius 3 is 2.40 bits per heavy atom. The molecule has 25 heavy (non-hydrogen) atoms. The summed E-state index contributed by atoms with van der Waals surface area (Å²) < 4.78 is 28.1. The second-order valence-electron chi connectivity index (χ2n) is 6.49. The summed E-state index contributed by atoms with van der Waals surface area (Å²) in [5.41, 5.74) is 0.495. The van der Waals surface area contributed by atoms with Gasteiger partial charge in [0.05, 0.1) is 4.90 Å². The van der Waals surface area contributed by atoms with Crippen molar-refractivity contribution in [2.24, 2.45) is 0 Å². The number of rotatable bonds is 6. The largest absolute Gasteiger partial charge is 0.326 e. The van der Waals surface area contributed by atoms with E-state index >= 15 is 0 Å². The summed E-state index contributed by atoms with van der Waals surface area (Å²) in [7, 11) is -3.58. The summed E-state index contributed by atoms with van der Waals surface area (Å²) in [6.07, 6.45) is 4.28. The lowest BCUT2D eigenvalue weighted by molar-refractivity contribution is -0.114. The van der Waals surface area contributed by atoms with E-state index in [1.54, 1.807) is 23.5 Å². The average molecular weight is 379 g/mol. The minimum Gasteiger partial charge on any atom is -0.326 e. The minimum atomic E-state index is -3.58. The highest BCUT2D eigenvalue weighted by Gasteiger charge is 2.37. The van der Waals surface area contributed by atoms with Gasteiger partial charge in [-0.05, 0) is 48.6 Å². The zero-order valence-electron chi connectivity index (χ0n) is 14.1. The summed E-state index contributed by atoms with van der Waals surface area (Å²) in [6.45, 7) is 1.83. The molecule has 1 amide bonds. The van der Waals surface area contributed by atoms with Crippen LogP contribution in [0.4, 0.5) is 5.69 Å². The zero-order chi connectivity index (χ0) is 17.9. The molecular formula is C18H22N2O3S2. The fourth-order valence-corrected chi connectivity index (χ4v) is 5.49. The molecule has 0 bridgehead atoms. The van der Waals surface area contributed by atoms with Gasteiger partial charge >= 0.3 is 0 Å². The van der Waals surface area contributed by atoms with Gasteiger partial charge in [0, 0.05) is 29.4 Å². The highest BCUT2D eigenvalue weighted by Crippen LogP contribution is 2.42. The maximum atomic E-state index is 12.6. The van der Waals surface area contributed by atoms with E-state index in [1.807, 2.05) is 11.4 Å². The van der Waals surface area contributed by atoms with E-state index in [-0.39, 0.29) is 16.2 Å². The number of sulfonamides is 1. The number of thiophene rings is 1. The van der Waals surface area contributed by atoms with Crippen LogP contribution >= 0.6 is 11.3 Å². The van der Waals surface area contributed by atoms with Crippen LogP contribution in [0.3, 0.4) is 0 Å². The van der Waals surface area contributed by atoms with Crippen molar-refractivity contribution < 1.29 is 13.2 Å². The molecule has 3 rings (SSSR count). The smallest absolute Gasteiger partial charge is 0.240 e. The van der Waals surface area contributed by atoms with E-state index < -0.39 is 10.0 Å². The van der Waals surface area contributed by atoms with Crippen LogP contribution in [-0.2, 0) is 20.2 Å². The van der Waals surface area contributed by atoms with E-state index in [2.05, 4.69) is 16.1 Å². The molecule has 0 spiro atoms. The highest BCUT2D eigenvalue weighted by molar-refractivity contribution is 7.89. The quantitative estimate of drug-likeness (QED) is 0.808. The molecule has 1 aromatic carbocycles. The van der Waals surface area contributed by atoms with Gasteiger partial charge in [-0.15, -0.1) is 11.3 Å². The molecule has 0 atom stereocenters. The second kappa shape index (κ2) is 7.27. The maximum Gasteiger partial charge on any atom is 0.240 e. The second-order valence-corrected chi connectivity index (χ2v) is 9.21. The third-order valence-corrected chi connectivity index (χ3v) is 7.22. The number of nitrogens with one attached hydrogen (secondary N) is 2. The number of hydrogen-bond acceptors (Lipinski definition) is 4. The molecule has 0 radical (unpaired) electrons. The van der Waals surface area contributed by atoms with Crippen LogP contribution in [0.25, 0.3) is 0 Å². The predicted octanol–water partition coefficient (Wildman–Crippen LogP) is 3.50. The lowest BCUT2D eigenvalue weighted by Gasteiger charge is -2.28. The molecule has 7 heteroatoms. The van der Waals surface area contributed by atoms with Gasteiger partial charge in [0.25, 0.3) is 0 Å². The van der Waals surface area contributed by atoms with Crippen LogP contribution in [0.5, 0.6) is 0 Å². The lowest BCUT2D eigenvalue weighted by Crippen LogP contribution is -2.38. The standard InChI is InChI=1S/C18H22N2O3S2/c1-14(21)20-15-6-8-16(9-7-15)25(22,23)19-13-18(10-2-3-11-18)17-5-4-12-24-17/h4-9,12,19H,2-3,10-11,13H2,1H3,(H,20,21). The van der Waals surface area contributed by atoms with E-state index in [1.165, 1.54) is 23.9 Å². The Kier molecular flexibility index (Phi) is 5.27. The van der Waals surface area contributed by atoms with E-state index in [0.717, 1.165) is 25.7 Å². The number of carbonyl (C=O) groups is 1. The molecule has 5 nitrogen and oxygen atoms in total. The highest BCUT2D eigenvalue weighted by atomic mass is 32.2. The summed E-state index contributed by atoms with van der Waals surface area (Å²) in [5, 5.41) is 4.68. The van der Waals surface area contributed by atoms with Gasteiger partial charge in [-0.1, -0.05) is 18.9 Å².